The SMILES string of the molecule is C/C=C/COc1cc(C)c(OC)c(C)c1. The van der Waals surface area contributed by atoms with Gasteiger partial charge < -0.3 is 9.47 Å². The molecule has 0 fully saturated rings. The second-order valence-corrected chi connectivity index (χ2v) is 3.47. The van der Waals surface area contributed by atoms with Crippen molar-refractivity contribution in [1.82, 2.24) is 0 Å². The van der Waals surface area contributed by atoms with E-state index in [1.807, 2.05) is 45.1 Å². The lowest BCUT2D eigenvalue weighted by Crippen LogP contribution is -1.96. The first-order valence-corrected chi connectivity index (χ1v) is 5.08. The van der Waals surface area contributed by atoms with Crippen LogP contribution in [0.4, 0.5) is 0 Å². The molecule has 0 amide bonds. The van der Waals surface area contributed by atoms with E-state index in [0.717, 1.165) is 22.6 Å². The fourth-order valence-corrected chi connectivity index (χ4v) is 1.56. The molecule has 0 saturated carbocycles. The van der Waals surface area contributed by atoms with Crippen molar-refractivity contribution in [2.45, 2.75) is 20.8 Å². The summed E-state index contributed by atoms with van der Waals surface area (Å²) in [5.41, 5.74) is 2.21. The molecule has 0 spiro atoms. The van der Waals surface area contributed by atoms with Crippen LogP contribution in [0.15, 0.2) is 24.3 Å². The molecule has 0 aliphatic heterocycles. The van der Waals surface area contributed by atoms with Gasteiger partial charge in [0, 0.05) is 0 Å². The maximum atomic E-state index is 5.57. The van der Waals surface area contributed by atoms with Gasteiger partial charge in [0.1, 0.15) is 18.1 Å². The molecule has 0 unspecified atom stereocenters. The van der Waals surface area contributed by atoms with Crippen LogP contribution in [0.25, 0.3) is 0 Å². The van der Waals surface area contributed by atoms with Crippen LogP contribution in [0.5, 0.6) is 11.5 Å². The van der Waals surface area contributed by atoms with Crippen LogP contribution >= 0.6 is 0 Å². The topological polar surface area (TPSA) is 18.5 Å². The minimum atomic E-state index is 0.613. The molecule has 0 aliphatic rings. The number of hydrogen-bond donors (Lipinski definition) is 0. The first-order chi connectivity index (χ1) is 7.19. The Morgan fingerprint density at radius 1 is 1.20 bits per heavy atom. The Morgan fingerprint density at radius 3 is 2.27 bits per heavy atom. The molecule has 0 radical (unpaired) electrons. The van der Waals surface area contributed by atoms with Crippen molar-refractivity contribution in [1.29, 1.82) is 0 Å². The summed E-state index contributed by atoms with van der Waals surface area (Å²) in [6, 6.07) is 3.99. The van der Waals surface area contributed by atoms with Gasteiger partial charge in [0.25, 0.3) is 0 Å². The van der Waals surface area contributed by atoms with E-state index in [1.165, 1.54) is 0 Å². The number of methoxy groups -OCH3 is 1. The van der Waals surface area contributed by atoms with Crippen LogP contribution in [0, 0.1) is 13.8 Å². The van der Waals surface area contributed by atoms with Gasteiger partial charge in [0.2, 0.25) is 0 Å². The van der Waals surface area contributed by atoms with Crippen molar-refractivity contribution in [2.24, 2.45) is 0 Å². The third-order valence-corrected chi connectivity index (χ3v) is 2.22. The van der Waals surface area contributed by atoms with E-state index < -0.39 is 0 Å². The summed E-state index contributed by atoms with van der Waals surface area (Å²) < 4.78 is 10.9. The highest BCUT2D eigenvalue weighted by Gasteiger charge is 2.05. The third kappa shape index (κ3) is 3.01. The predicted molar refractivity (Wildman–Crippen MR) is 62.8 cm³/mol. The van der Waals surface area contributed by atoms with E-state index in [1.54, 1.807) is 7.11 Å². The lowest BCUT2D eigenvalue weighted by atomic mass is 10.1. The monoisotopic (exact) mass is 206 g/mol. The van der Waals surface area contributed by atoms with Crippen LogP contribution < -0.4 is 9.47 Å². The quantitative estimate of drug-likeness (QED) is 0.704. The molecule has 15 heavy (non-hydrogen) atoms. The van der Waals surface area contributed by atoms with Gasteiger partial charge in [0.05, 0.1) is 7.11 Å². The van der Waals surface area contributed by atoms with Crippen LogP contribution in [-0.2, 0) is 0 Å². The fourth-order valence-electron chi connectivity index (χ4n) is 1.56. The molecule has 0 aliphatic carbocycles. The van der Waals surface area contributed by atoms with Crippen molar-refractivity contribution in [2.75, 3.05) is 13.7 Å². The second-order valence-electron chi connectivity index (χ2n) is 3.47. The Labute approximate surface area is 91.5 Å². The van der Waals surface area contributed by atoms with Gasteiger partial charge in [-0.15, -0.1) is 0 Å². The smallest absolute Gasteiger partial charge is 0.124 e. The van der Waals surface area contributed by atoms with Gasteiger partial charge in [-0.1, -0.05) is 12.2 Å². The highest BCUT2D eigenvalue weighted by Crippen LogP contribution is 2.27. The summed E-state index contributed by atoms with van der Waals surface area (Å²) in [7, 11) is 1.69. The zero-order valence-corrected chi connectivity index (χ0v) is 9.83. The molecule has 0 bridgehead atoms. The minimum Gasteiger partial charge on any atom is -0.496 e. The zero-order chi connectivity index (χ0) is 11.3. The van der Waals surface area contributed by atoms with Crippen LogP contribution in [0.3, 0.4) is 0 Å². The van der Waals surface area contributed by atoms with Crippen LogP contribution in [0.2, 0.25) is 0 Å². The number of ether oxygens (including phenoxy) is 2. The summed E-state index contributed by atoms with van der Waals surface area (Å²) >= 11 is 0. The van der Waals surface area contributed by atoms with E-state index in [9.17, 15) is 0 Å². The van der Waals surface area contributed by atoms with Crippen molar-refractivity contribution in [3.63, 3.8) is 0 Å². The fraction of sp³-hybridized carbons (Fsp3) is 0.385. The molecule has 1 aromatic carbocycles. The maximum Gasteiger partial charge on any atom is 0.124 e. The zero-order valence-electron chi connectivity index (χ0n) is 9.83. The average Bonchev–Trinajstić information content (AvgIpc) is 2.18. The molecule has 0 heterocycles. The molecule has 0 saturated heterocycles. The Morgan fingerprint density at radius 2 is 1.80 bits per heavy atom. The van der Waals surface area contributed by atoms with Gasteiger partial charge in [-0.2, -0.15) is 0 Å². The molecular weight excluding hydrogens is 188 g/mol. The van der Waals surface area contributed by atoms with Crippen molar-refractivity contribution in [3.05, 3.63) is 35.4 Å². The summed E-state index contributed by atoms with van der Waals surface area (Å²) in [6.07, 6.45) is 3.96. The van der Waals surface area contributed by atoms with Crippen LogP contribution in [-0.4, -0.2) is 13.7 Å². The number of hydrogen-bond acceptors (Lipinski definition) is 2. The normalized spacial score (nSPS) is 10.7. The standard InChI is InChI=1S/C13H18O2/c1-5-6-7-15-12-8-10(2)13(14-4)11(3)9-12/h5-6,8-9H,7H2,1-4H3/b6-5+. The van der Waals surface area contributed by atoms with Gasteiger partial charge in [-0.05, 0) is 44.0 Å². The van der Waals surface area contributed by atoms with Gasteiger partial charge in [0.15, 0.2) is 0 Å². The number of aryl methyl sites for hydroxylation is 2. The largest absolute Gasteiger partial charge is 0.496 e. The van der Waals surface area contributed by atoms with E-state index in [0.29, 0.717) is 6.61 Å². The molecular formula is C13H18O2. The summed E-state index contributed by atoms with van der Waals surface area (Å²) in [5.74, 6) is 1.83. The number of rotatable bonds is 4. The highest BCUT2D eigenvalue weighted by molar-refractivity contribution is 5.45. The second kappa shape index (κ2) is 5.44. The van der Waals surface area contributed by atoms with E-state index in [2.05, 4.69) is 0 Å². The van der Waals surface area contributed by atoms with Crippen molar-refractivity contribution >= 4 is 0 Å². The van der Waals surface area contributed by atoms with Gasteiger partial charge in [-0.25, -0.2) is 0 Å². The molecule has 82 valence electrons. The lowest BCUT2D eigenvalue weighted by molar-refractivity contribution is 0.359. The van der Waals surface area contributed by atoms with Gasteiger partial charge in [-0.3, -0.25) is 0 Å². The first kappa shape index (κ1) is 11.6. The molecule has 0 N–H and O–H groups in total. The van der Waals surface area contributed by atoms with Crippen molar-refractivity contribution in [3.8, 4) is 11.5 Å². The predicted octanol–water partition coefficient (Wildman–Crippen LogP) is 3.27. The first-order valence-electron chi connectivity index (χ1n) is 5.08. The summed E-state index contributed by atoms with van der Waals surface area (Å²) in [5, 5.41) is 0. The summed E-state index contributed by atoms with van der Waals surface area (Å²) in [4.78, 5) is 0. The molecule has 2 heteroatoms. The van der Waals surface area contributed by atoms with Crippen LogP contribution in [0.1, 0.15) is 18.1 Å². The van der Waals surface area contributed by atoms with E-state index in [4.69, 9.17) is 9.47 Å². The van der Waals surface area contributed by atoms with Crippen molar-refractivity contribution < 1.29 is 9.47 Å². The number of allylic oxidation sites excluding steroid dienone is 1. The van der Waals surface area contributed by atoms with Gasteiger partial charge >= 0.3 is 0 Å². The highest BCUT2D eigenvalue weighted by atomic mass is 16.5. The Hall–Kier alpha value is -1.44. The third-order valence-electron chi connectivity index (χ3n) is 2.22. The van der Waals surface area contributed by atoms with E-state index in [-0.39, 0.29) is 0 Å². The Balaban J connectivity index is 2.83. The summed E-state index contributed by atoms with van der Waals surface area (Å²) in [6.45, 7) is 6.64. The molecule has 1 rings (SSSR count). The molecule has 0 atom stereocenters. The number of benzene rings is 1. The Kier molecular flexibility index (Phi) is 4.22. The maximum absolute atomic E-state index is 5.57. The molecule has 2 nitrogen and oxygen atoms in total. The molecule has 1 aromatic rings. The Bertz CT molecular complexity index is 331. The van der Waals surface area contributed by atoms with E-state index >= 15 is 0 Å². The minimum absolute atomic E-state index is 0.613. The lowest BCUT2D eigenvalue weighted by Gasteiger charge is -2.11. The average molecular weight is 206 g/mol. The molecule has 0 aromatic heterocycles.